The van der Waals surface area contributed by atoms with E-state index in [2.05, 4.69) is 15.9 Å². The molecule has 108 valence electrons. The maximum Gasteiger partial charge on any atom is 0.303 e. The van der Waals surface area contributed by atoms with E-state index in [9.17, 15) is 9.59 Å². The fourth-order valence-corrected chi connectivity index (χ4v) is 2.89. The number of aliphatic carboxylic acids is 1. The highest BCUT2D eigenvalue weighted by atomic mass is 79.9. The number of benzene rings is 1. The fourth-order valence-electron chi connectivity index (χ4n) is 2.54. The topological polar surface area (TPSA) is 63.7 Å². The second kappa shape index (κ2) is 5.37. The first-order chi connectivity index (χ1) is 10.1. The SMILES string of the molecule is O=C(O)CCCn1c(=O)c2cccn2c2ccc(Br)cc21. The van der Waals surface area contributed by atoms with Crippen molar-refractivity contribution in [3.05, 3.63) is 51.4 Å². The van der Waals surface area contributed by atoms with Gasteiger partial charge in [0.25, 0.3) is 5.56 Å². The van der Waals surface area contributed by atoms with Gasteiger partial charge < -0.3 is 14.1 Å². The van der Waals surface area contributed by atoms with Crippen molar-refractivity contribution < 1.29 is 9.90 Å². The third kappa shape index (κ3) is 2.47. The number of rotatable bonds is 4. The second-order valence-corrected chi connectivity index (χ2v) is 5.77. The molecule has 0 unspecified atom stereocenters. The third-order valence-electron chi connectivity index (χ3n) is 3.47. The average Bonchev–Trinajstić information content (AvgIpc) is 2.91. The smallest absolute Gasteiger partial charge is 0.303 e. The summed E-state index contributed by atoms with van der Waals surface area (Å²) in [6.45, 7) is 0.389. The minimum Gasteiger partial charge on any atom is -0.481 e. The molecule has 0 bridgehead atoms. The molecule has 0 aliphatic heterocycles. The van der Waals surface area contributed by atoms with Gasteiger partial charge in [-0.3, -0.25) is 9.59 Å². The van der Waals surface area contributed by atoms with Crippen LogP contribution in [0.1, 0.15) is 12.8 Å². The zero-order valence-corrected chi connectivity index (χ0v) is 12.7. The lowest BCUT2D eigenvalue weighted by Crippen LogP contribution is -2.23. The molecular weight excluding hydrogens is 336 g/mol. The largest absolute Gasteiger partial charge is 0.481 e. The Morgan fingerprint density at radius 2 is 2.00 bits per heavy atom. The highest BCUT2D eigenvalue weighted by Gasteiger charge is 2.11. The Bertz CT molecular complexity index is 895. The third-order valence-corrected chi connectivity index (χ3v) is 3.97. The fraction of sp³-hybridized carbons (Fsp3) is 0.200. The normalized spacial score (nSPS) is 11.3. The molecule has 0 aliphatic rings. The number of hydrogen-bond acceptors (Lipinski definition) is 2. The van der Waals surface area contributed by atoms with Crippen LogP contribution in [0.2, 0.25) is 0 Å². The van der Waals surface area contributed by atoms with Crippen LogP contribution in [0.3, 0.4) is 0 Å². The molecule has 0 aliphatic carbocycles. The van der Waals surface area contributed by atoms with Crippen LogP contribution >= 0.6 is 15.9 Å². The van der Waals surface area contributed by atoms with Gasteiger partial charge in [-0.1, -0.05) is 15.9 Å². The van der Waals surface area contributed by atoms with E-state index in [0.717, 1.165) is 15.5 Å². The first-order valence-electron chi connectivity index (χ1n) is 6.59. The van der Waals surface area contributed by atoms with Crippen molar-refractivity contribution in [2.45, 2.75) is 19.4 Å². The zero-order chi connectivity index (χ0) is 15.0. The maximum absolute atomic E-state index is 12.6. The number of nitrogens with zero attached hydrogens (tertiary/aromatic N) is 2. The van der Waals surface area contributed by atoms with Gasteiger partial charge in [-0.15, -0.1) is 0 Å². The molecule has 0 saturated carbocycles. The number of aromatic nitrogens is 2. The van der Waals surface area contributed by atoms with Crippen LogP contribution in [0.4, 0.5) is 0 Å². The molecule has 21 heavy (non-hydrogen) atoms. The van der Waals surface area contributed by atoms with E-state index in [4.69, 9.17) is 5.11 Å². The van der Waals surface area contributed by atoms with E-state index in [-0.39, 0.29) is 12.0 Å². The number of aryl methyl sites for hydroxylation is 1. The maximum atomic E-state index is 12.6. The molecule has 0 radical (unpaired) electrons. The van der Waals surface area contributed by atoms with Crippen LogP contribution in [0.5, 0.6) is 0 Å². The first kappa shape index (κ1) is 13.9. The summed E-state index contributed by atoms with van der Waals surface area (Å²) in [6.07, 6.45) is 2.33. The van der Waals surface area contributed by atoms with Gasteiger partial charge in [0.15, 0.2) is 0 Å². The number of carbonyl (C=O) groups is 1. The molecule has 3 aromatic rings. The standard InChI is InChI=1S/C15H13BrN2O3/c16-10-5-6-11-13(9-10)18(8-2-4-14(19)20)15(21)12-3-1-7-17(11)12/h1,3,5-7,9H,2,4,8H2,(H,19,20). The first-order valence-corrected chi connectivity index (χ1v) is 7.38. The Hall–Kier alpha value is -2.08. The van der Waals surface area contributed by atoms with E-state index >= 15 is 0 Å². The summed E-state index contributed by atoms with van der Waals surface area (Å²) < 4.78 is 4.39. The summed E-state index contributed by atoms with van der Waals surface area (Å²) in [5, 5.41) is 8.76. The van der Waals surface area contributed by atoms with Gasteiger partial charge in [0.2, 0.25) is 0 Å². The van der Waals surface area contributed by atoms with Crippen LogP contribution in [-0.2, 0) is 11.3 Å². The molecule has 6 heteroatoms. The Balaban J connectivity index is 2.23. The van der Waals surface area contributed by atoms with Gasteiger partial charge >= 0.3 is 5.97 Å². The Morgan fingerprint density at radius 3 is 2.76 bits per heavy atom. The van der Waals surface area contributed by atoms with Crippen LogP contribution in [0, 0.1) is 0 Å². The van der Waals surface area contributed by atoms with Crippen molar-refractivity contribution in [1.82, 2.24) is 8.97 Å². The van der Waals surface area contributed by atoms with Gasteiger partial charge in [0.05, 0.1) is 11.0 Å². The molecule has 0 saturated heterocycles. The molecular formula is C15H13BrN2O3. The van der Waals surface area contributed by atoms with E-state index in [1.54, 1.807) is 10.6 Å². The van der Waals surface area contributed by atoms with Gasteiger partial charge in [0.1, 0.15) is 5.52 Å². The van der Waals surface area contributed by atoms with Gasteiger partial charge in [-0.2, -0.15) is 0 Å². The number of hydrogen-bond donors (Lipinski definition) is 1. The predicted octanol–water partition coefficient (Wildman–Crippen LogP) is 2.88. The highest BCUT2D eigenvalue weighted by molar-refractivity contribution is 9.10. The number of carboxylic acids is 1. The van der Waals surface area contributed by atoms with Crippen molar-refractivity contribution in [3.63, 3.8) is 0 Å². The number of fused-ring (bicyclic) bond motifs is 3. The summed E-state index contributed by atoms with van der Waals surface area (Å²) in [5.41, 5.74) is 2.22. The van der Waals surface area contributed by atoms with E-state index in [1.807, 2.05) is 34.9 Å². The molecule has 0 fully saturated rings. The number of halogens is 1. The average molecular weight is 349 g/mol. The molecule has 0 amide bonds. The van der Waals surface area contributed by atoms with Crippen LogP contribution in [0.15, 0.2) is 45.8 Å². The van der Waals surface area contributed by atoms with Gasteiger partial charge in [-0.05, 0) is 36.8 Å². The molecule has 1 aromatic carbocycles. The van der Waals surface area contributed by atoms with Crippen molar-refractivity contribution in [1.29, 1.82) is 0 Å². The highest BCUT2D eigenvalue weighted by Crippen LogP contribution is 2.20. The minimum absolute atomic E-state index is 0.0497. The predicted molar refractivity (Wildman–Crippen MR) is 83.7 cm³/mol. The Labute approximate surface area is 128 Å². The van der Waals surface area contributed by atoms with Crippen molar-refractivity contribution in [2.24, 2.45) is 0 Å². The molecule has 2 aromatic heterocycles. The van der Waals surface area contributed by atoms with Gasteiger partial charge in [-0.25, -0.2) is 0 Å². The Kier molecular flexibility index (Phi) is 3.55. The molecule has 5 nitrogen and oxygen atoms in total. The van der Waals surface area contributed by atoms with E-state index in [1.165, 1.54) is 0 Å². The second-order valence-electron chi connectivity index (χ2n) is 4.85. The molecule has 0 atom stereocenters. The summed E-state index contributed by atoms with van der Waals surface area (Å²) in [5.74, 6) is -0.850. The summed E-state index contributed by atoms with van der Waals surface area (Å²) >= 11 is 3.42. The lowest BCUT2D eigenvalue weighted by molar-refractivity contribution is -0.137. The summed E-state index contributed by atoms with van der Waals surface area (Å²) in [7, 11) is 0. The lowest BCUT2D eigenvalue weighted by Gasteiger charge is -2.12. The minimum atomic E-state index is -0.850. The van der Waals surface area contributed by atoms with Crippen molar-refractivity contribution in [3.8, 4) is 0 Å². The molecule has 0 spiro atoms. The lowest BCUT2D eigenvalue weighted by atomic mass is 10.2. The van der Waals surface area contributed by atoms with E-state index in [0.29, 0.717) is 18.5 Å². The van der Waals surface area contributed by atoms with Crippen molar-refractivity contribution >= 4 is 38.4 Å². The number of carboxylic acid groups (broad SMARTS) is 1. The van der Waals surface area contributed by atoms with Crippen LogP contribution in [0.25, 0.3) is 16.6 Å². The zero-order valence-electron chi connectivity index (χ0n) is 11.1. The molecule has 1 N–H and O–H groups in total. The summed E-state index contributed by atoms with van der Waals surface area (Å²) in [4.78, 5) is 23.2. The quantitative estimate of drug-likeness (QED) is 0.788. The Morgan fingerprint density at radius 1 is 1.19 bits per heavy atom. The van der Waals surface area contributed by atoms with Crippen molar-refractivity contribution in [2.75, 3.05) is 0 Å². The van der Waals surface area contributed by atoms with Gasteiger partial charge in [0, 0.05) is 23.6 Å². The summed E-state index contributed by atoms with van der Waals surface area (Å²) in [6, 6.07) is 9.36. The van der Waals surface area contributed by atoms with Crippen LogP contribution < -0.4 is 5.56 Å². The van der Waals surface area contributed by atoms with Crippen LogP contribution in [-0.4, -0.2) is 20.0 Å². The molecule has 2 heterocycles. The van der Waals surface area contributed by atoms with E-state index < -0.39 is 5.97 Å². The monoisotopic (exact) mass is 348 g/mol. The molecule has 3 rings (SSSR count).